The predicted molar refractivity (Wildman–Crippen MR) is 110 cm³/mol. The normalized spacial score (nSPS) is 18.8. The average Bonchev–Trinajstić information content (AvgIpc) is 3.20. The number of methoxy groups -OCH3 is 1. The Hall–Kier alpha value is -3.12. The third-order valence-corrected chi connectivity index (χ3v) is 5.14. The summed E-state index contributed by atoms with van der Waals surface area (Å²) in [5, 5.41) is 12.1. The van der Waals surface area contributed by atoms with Crippen molar-refractivity contribution in [1.82, 2.24) is 15.6 Å². The highest BCUT2D eigenvalue weighted by atomic mass is 16.5. The first-order valence-corrected chi connectivity index (χ1v) is 9.44. The first kappa shape index (κ1) is 18.3. The molecule has 0 bridgehead atoms. The van der Waals surface area contributed by atoms with Crippen molar-refractivity contribution >= 4 is 22.4 Å². The van der Waals surface area contributed by atoms with E-state index in [4.69, 9.17) is 4.74 Å². The highest BCUT2D eigenvalue weighted by Gasteiger charge is 2.32. The van der Waals surface area contributed by atoms with Crippen molar-refractivity contribution in [2.45, 2.75) is 12.6 Å². The monoisotopic (exact) mass is 376 g/mol. The summed E-state index contributed by atoms with van der Waals surface area (Å²) < 4.78 is 5.24. The predicted octanol–water partition coefficient (Wildman–Crippen LogP) is 2.56. The van der Waals surface area contributed by atoms with E-state index in [1.165, 1.54) is 0 Å². The van der Waals surface area contributed by atoms with Gasteiger partial charge in [-0.2, -0.15) is 0 Å². The maximum absolute atomic E-state index is 12.8. The van der Waals surface area contributed by atoms with Gasteiger partial charge in [-0.3, -0.25) is 9.78 Å². The lowest BCUT2D eigenvalue weighted by atomic mass is 10.0. The molecule has 2 heterocycles. The SMILES string of the molecule is COc1cccc(CNC(=O)[C@H]2CNC[C@@H]2Nc2ccc3cnccc3c2)c1. The lowest BCUT2D eigenvalue weighted by Crippen LogP contribution is -2.40. The van der Waals surface area contributed by atoms with E-state index in [0.717, 1.165) is 34.3 Å². The summed E-state index contributed by atoms with van der Waals surface area (Å²) in [4.78, 5) is 16.9. The van der Waals surface area contributed by atoms with Gasteiger partial charge in [0, 0.05) is 43.1 Å². The fourth-order valence-corrected chi connectivity index (χ4v) is 3.60. The Bertz CT molecular complexity index is 975. The molecule has 1 saturated heterocycles. The Morgan fingerprint density at radius 3 is 3.00 bits per heavy atom. The smallest absolute Gasteiger partial charge is 0.226 e. The lowest BCUT2D eigenvalue weighted by molar-refractivity contribution is -0.124. The Balaban J connectivity index is 1.39. The molecular weight excluding hydrogens is 352 g/mol. The Labute approximate surface area is 164 Å². The number of nitrogens with zero attached hydrogens (tertiary/aromatic N) is 1. The first-order valence-electron chi connectivity index (χ1n) is 9.44. The van der Waals surface area contributed by atoms with Gasteiger partial charge in [0.25, 0.3) is 0 Å². The molecule has 2 atom stereocenters. The third kappa shape index (κ3) is 4.07. The zero-order chi connectivity index (χ0) is 19.3. The number of carbonyl (C=O) groups excluding carboxylic acids is 1. The minimum absolute atomic E-state index is 0.0459. The summed E-state index contributed by atoms with van der Waals surface area (Å²) >= 11 is 0. The van der Waals surface area contributed by atoms with Crippen molar-refractivity contribution in [2.75, 3.05) is 25.5 Å². The van der Waals surface area contributed by atoms with Gasteiger partial charge in [0.2, 0.25) is 5.91 Å². The quantitative estimate of drug-likeness (QED) is 0.617. The second-order valence-corrected chi connectivity index (χ2v) is 7.02. The third-order valence-electron chi connectivity index (χ3n) is 5.14. The van der Waals surface area contributed by atoms with Gasteiger partial charge in [0.15, 0.2) is 0 Å². The van der Waals surface area contributed by atoms with Gasteiger partial charge in [0.1, 0.15) is 5.75 Å². The van der Waals surface area contributed by atoms with Crippen LogP contribution in [-0.4, -0.2) is 37.1 Å². The molecule has 3 N–H and O–H groups in total. The number of fused-ring (bicyclic) bond motifs is 1. The second kappa shape index (κ2) is 8.27. The van der Waals surface area contributed by atoms with E-state index in [1.807, 2.05) is 48.7 Å². The van der Waals surface area contributed by atoms with Crippen LogP contribution >= 0.6 is 0 Å². The van der Waals surface area contributed by atoms with Crippen LogP contribution in [0.3, 0.4) is 0 Å². The molecule has 0 radical (unpaired) electrons. The van der Waals surface area contributed by atoms with Crippen LogP contribution in [0.15, 0.2) is 60.9 Å². The first-order chi connectivity index (χ1) is 13.7. The van der Waals surface area contributed by atoms with E-state index >= 15 is 0 Å². The molecule has 0 aliphatic carbocycles. The van der Waals surface area contributed by atoms with E-state index in [2.05, 4.69) is 27.0 Å². The van der Waals surface area contributed by atoms with E-state index in [1.54, 1.807) is 13.3 Å². The van der Waals surface area contributed by atoms with Gasteiger partial charge >= 0.3 is 0 Å². The molecule has 6 nitrogen and oxygen atoms in total. The molecule has 1 fully saturated rings. The van der Waals surface area contributed by atoms with Crippen molar-refractivity contribution in [2.24, 2.45) is 5.92 Å². The van der Waals surface area contributed by atoms with E-state index in [0.29, 0.717) is 13.1 Å². The molecule has 0 unspecified atom stereocenters. The molecule has 1 amide bonds. The zero-order valence-corrected chi connectivity index (χ0v) is 15.8. The topological polar surface area (TPSA) is 75.3 Å². The largest absolute Gasteiger partial charge is 0.497 e. The summed E-state index contributed by atoms with van der Waals surface area (Å²) in [6.07, 6.45) is 3.64. The van der Waals surface area contributed by atoms with Crippen molar-refractivity contribution in [1.29, 1.82) is 0 Å². The summed E-state index contributed by atoms with van der Waals surface area (Å²) in [7, 11) is 1.64. The molecular formula is C22H24N4O2. The highest BCUT2D eigenvalue weighted by Crippen LogP contribution is 2.21. The van der Waals surface area contributed by atoms with Crippen molar-refractivity contribution < 1.29 is 9.53 Å². The maximum Gasteiger partial charge on any atom is 0.226 e. The number of anilines is 1. The molecule has 28 heavy (non-hydrogen) atoms. The van der Waals surface area contributed by atoms with Gasteiger partial charge in [0.05, 0.1) is 19.1 Å². The summed E-state index contributed by atoms with van der Waals surface area (Å²) in [5.74, 6) is 0.717. The summed E-state index contributed by atoms with van der Waals surface area (Å²) in [5.41, 5.74) is 2.03. The number of nitrogens with one attached hydrogen (secondary N) is 3. The Kier molecular flexibility index (Phi) is 5.39. The summed E-state index contributed by atoms with van der Waals surface area (Å²) in [6.45, 7) is 1.91. The van der Waals surface area contributed by atoms with Gasteiger partial charge < -0.3 is 20.7 Å². The minimum atomic E-state index is -0.126. The Morgan fingerprint density at radius 2 is 2.11 bits per heavy atom. The van der Waals surface area contributed by atoms with Gasteiger partial charge in [-0.15, -0.1) is 0 Å². The van der Waals surface area contributed by atoms with Crippen molar-refractivity contribution in [3.63, 3.8) is 0 Å². The number of hydrogen-bond acceptors (Lipinski definition) is 5. The number of benzene rings is 2. The van der Waals surface area contributed by atoms with E-state index < -0.39 is 0 Å². The molecule has 6 heteroatoms. The molecule has 0 saturated carbocycles. The number of carbonyl (C=O) groups is 1. The molecule has 2 aromatic carbocycles. The molecule has 1 aliphatic rings. The number of pyridine rings is 1. The number of hydrogen-bond donors (Lipinski definition) is 3. The van der Waals surface area contributed by atoms with Crippen molar-refractivity contribution in [3.8, 4) is 5.75 Å². The van der Waals surface area contributed by atoms with Crippen molar-refractivity contribution in [3.05, 3.63) is 66.5 Å². The standard InChI is InChI=1S/C22H24N4O2/c1-28-19-4-2-3-15(9-19)11-25-22(27)20-13-24-14-21(20)26-18-6-5-17-12-23-8-7-16(17)10-18/h2-10,12,20-21,24,26H,11,13-14H2,1H3,(H,25,27)/t20-,21-/m0/s1. The van der Waals surface area contributed by atoms with Crippen LogP contribution < -0.4 is 20.7 Å². The molecule has 4 rings (SSSR count). The fraction of sp³-hybridized carbons (Fsp3) is 0.273. The second-order valence-electron chi connectivity index (χ2n) is 7.02. The molecule has 0 spiro atoms. The molecule has 144 valence electrons. The van der Waals surface area contributed by atoms with Crippen LogP contribution in [0.25, 0.3) is 10.8 Å². The van der Waals surface area contributed by atoms with Crippen LogP contribution in [0.2, 0.25) is 0 Å². The van der Waals surface area contributed by atoms with Crippen LogP contribution in [0, 0.1) is 5.92 Å². The minimum Gasteiger partial charge on any atom is -0.497 e. The summed E-state index contributed by atoms with van der Waals surface area (Å²) in [6, 6.07) is 16.0. The average molecular weight is 376 g/mol. The maximum atomic E-state index is 12.8. The highest BCUT2D eigenvalue weighted by molar-refractivity contribution is 5.85. The van der Waals surface area contributed by atoms with Crippen LogP contribution in [0.1, 0.15) is 5.56 Å². The fourth-order valence-electron chi connectivity index (χ4n) is 3.60. The lowest BCUT2D eigenvalue weighted by Gasteiger charge is -2.21. The van der Waals surface area contributed by atoms with Gasteiger partial charge in [-0.1, -0.05) is 18.2 Å². The Morgan fingerprint density at radius 1 is 1.18 bits per heavy atom. The van der Waals surface area contributed by atoms with Gasteiger partial charge in [-0.05, 0) is 41.3 Å². The number of rotatable bonds is 6. The number of aromatic nitrogens is 1. The van der Waals surface area contributed by atoms with Crippen LogP contribution in [-0.2, 0) is 11.3 Å². The molecule has 3 aromatic rings. The van der Waals surface area contributed by atoms with Crippen LogP contribution in [0.5, 0.6) is 5.75 Å². The number of amides is 1. The number of ether oxygens (including phenoxy) is 1. The zero-order valence-electron chi connectivity index (χ0n) is 15.8. The molecule has 1 aromatic heterocycles. The molecule has 1 aliphatic heterocycles. The van der Waals surface area contributed by atoms with E-state index in [9.17, 15) is 4.79 Å². The van der Waals surface area contributed by atoms with E-state index in [-0.39, 0.29) is 17.9 Å². The van der Waals surface area contributed by atoms with Gasteiger partial charge in [-0.25, -0.2) is 0 Å². The van der Waals surface area contributed by atoms with Crippen LogP contribution in [0.4, 0.5) is 5.69 Å².